The van der Waals surface area contributed by atoms with Crippen LogP contribution in [0.4, 0.5) is 5.69 Å². The van der Waals surface area contributed by atoms with Crippen LogP contribution >= 0.6 is 0 Å². The highest BCUT2D eigenvalue weighted by molar-refractivity contribution is 6.03. The van der Waals surface area contributed by atoms with Crippen molar-refractivity contribution in [1.82, 2.24) is 5.32 Å². The highest BCUT2D eigenvalue weighted by atomic mass is 16.5. The minimum absolute atomic E-state index is 0.812. The number of hydrogen-bond acceptors (Lipinski definition) is 3. The number of benzene rings is 1. The second-order valence-electron chi connectivity index (χ2n) is 5.06. The molecule has 19 heavy (non-hydrogen) atoms. The van der Waals surface area contributed by atoms with E-state index < -0.39 is 0 Å². The fourth-order valence-electron chi connectivity index (χ4n) is 2.67. The third-order valence-corrected chi connectivity index (χ3v) is 3.59. The zero-order valence-electron chi connectivity index (χ0n) is 11.4. The third kappa shape index (κ3) is 2.56. The highest BCUT2D eigenvalue weighted by Gasteiger charge is 2.21. The molecule has 1 N–H and O–H groups in total. The Morgan fingerprint density at radius 3 is 3.11 bits per heavy atom. The van der Waals surface area contributed by atoms with Gasteiger partial charge in [0.2, 0.25) is 0 Å². The second kappa shape index (κ2) is 5.57. The van der Waals surface area contributed by atoms with Crippen molar-refractivity contribution in [2.45, 2.75) is 32.6 Å². The predicted octanol–water partition coefficient (Wildman–Crippen LogP) is 3.59. The topological polar surface area (TPSA) is 33.6 Å². The molecule has 0 aromatic heterocycles. The van der Waals surface area contributed by atoms with Crippen LogP contribution in [0.3, 0.4) is 0 Å². The quantitative estimate of drug-likeness (QED) is 0.877. The monoisotopic (exact) mass is 256 g/mol. The van der Waals surface area contributed by atoms with Crippen LogP contribution in [0.5, 0.6) is 5.75 Å². The van der Waals surface area contributed by atoms with Crippen LogP contribution in [-0.4, -0.2) is 18.8 Å². The highest BCUT2D eigenvalue weighted by Crippen LogP contribution is 2.34. The standard InChI is InChI=1S/C16H20N2O/c1-2-6-13-12-7-5-10-17-11-16(12)19-15-9-4-3-8-14(15)18-13/h3-4,8-9,17H,2,5-7,10-11H2,1H3. The molecule has 0 radical (unpaired) electrons. The van der Waals surface area contributed by atoms with Crippen LogP contribution in [-0.2, 0) is 0 Å². The van der Waals surface area contributed by atoms with Crippen LogP contribution in [0.25, 0.3) is 0 Å². The van der Waals surface area contributed by atoms with E-state index in [1.165, 1.54) is 11.3 Å². The van der Waals surface area contributed by atoms with Crippen molar-refractivity contribution >= 4 is 11.4 Å². The lowest BCUT2D eigenvalue weighted by molar-refractivity contribution is 0.407. The first-order valence-corrected chi connectivity index (χ1v) is 7.16. The van der Waals surface area contributed by atoms with Gasteiger partial charge in [0.25, 0.3) is 0 Å². The Kier molecular flexibility index (Phi) is 3.65. The lowest BCUT2D eigenvalue weighted by Crippen LogP contribution is -2.19. The van der Waals surface area contributed by atoms with Crippen LogP contribution in [0.15, 0.2) is 40.6 Å². The lowest BCUT2D eigenvalue weighted by Gasteiger charge is -2.12. The van der Waals surface area contributed by atoms with Gasteiger partial charge in [-0.1, -0.05) is 25.5 Å². The predicted molar refractivity (Wildman–Crippen MR) is 78.2 cm³/mol. The average molecular weight is 256 g/mol. The van der Waals surface area contributed by atoms with Crippen molar-refractivity contribution < 1.29 is 4.74 Å². The number of hydrogen-bond donors (Lipinski definition) is 1. The molecule has 0 aliphatic carbocycles. The summed E-state index contributed by atoms with van der Waals surface area (Å²) >= 11 is 0. The molecule has 1 aromatic rings. The minimum Gasteiger partial charge on any atom is -0.458 e. The molecule has 2 aliphatic rings. The number of ether oxygens (including phenoxy) is 1. The number of aliphatic imine (C=N–C) groups is 1. The van der Waals surface area contributed by atoms with Gasteiger partial charge < -0.3 is 10.1 Å². The summed E-state index contributed by atoms with van der Waals surface area (Å²) in [6.07, 6.45) is 4.36. The van der Waals surface area contributed by atoms with Gasteiger partial charge in [0, 0.05) is 11.3 Å². The summed E-state index contributed by atoms with van der Waals surface area (Å²) in [6, 6.07) is 8.06. The van der Waals surface area contributed by atoms with E-state index in [0.717, 1.165) is 56.0 Å². The molecule has 100 valence electrons. The maximum absolute atomic E-state index is 6.12. The molecule has 3 nitrogen and oxygen atoms in total. The number of allylic oxidation sites excluding steroid dienone is 1. The molecule has 0 fully saturated rings. The van der Waals surface area contributed by atoms with E-state index in [9.17, 15) is 0 Å². The molecule has 0 saturated carbocycles. The van der Waals surface area contributed by atoms with Crippen molar-refractivity contribution in [3.63, 3.8) is 0 Å². The van der Waals surface area contributed by atoms with Crippen molar-refractivity contribution in [3.05, 3.63) is 35.6 Å². The Hall–Kier alpha value is -1.61. The van der Waals surface area contributed by atoms with Crippen molar-refractivity contribution in [1.29, 1.82) is 0 Å². The smallest absolute Gasteiger partial charge is 0.152 e. The summed E-state index contributed by atoms with van der Waals surface area (Å²) in [4.78, 5) is 4.86. The largest absolute Gasteiger partial charge is 0.458 e. The molecule has 1 aromatic carbocycles. The summed E-state index contributed by atoms with van der Waals surface area (Å²) < 4.78 is 6.12. The van der Waals surface area contributed by atoms with Gasteiger partial charge in [-0.3, -0.25) is 0 Å². The van der Waals surface area contributed by atoms with E-state index >= 15 is 0 Å². The van der Waals surface area contributed by atoms with Gasteiger partial charge in [0.15, 0.2) is 5.75 Å². The normalized spacial score (nSPS) is 18.7. The van der Waals surface area contributed by atoms with E-state index in [1.807, 2.05) is 24.3 Å². The van der Waals surface area contributed by atoms with E-state index in [0.29, 0.717) is 0 Å². The fraction of sp³-hybridized carbons (Fsp3) is 0.438. The number of nitrogens with one attached hydrogen (secondary N) is 1. The minimum atomic E-state index is 0.812. The molecule has 3 heteroatoms. The number of rotatable bonds is 2. The summed E-state index contributed by atoms with van der Waals surface area (Å²) in [5.74, 6) is 1.94. The Morgan fingerprint density at radius 2 is 2.21 bits per heavy atom. The van der Waals surface area contributed by atoms with Crippen LogP contribution in [0.1, 0.15) is 32.6 Å². The molecular formula is C16H20N2O. The van der Waals surface area contributed by atoms with E-state index in [4.69, 9.17) is 9.73 Å². The lowest BCUT2D eigenvalue weighted by atomic mass is 10.0. The SMILES string of the molecule is CCCC1=Nc2ccccc2OC2=C1CCCNC2. The van der Waals surface area contributed by atoms with Crippen molar-refractivity contribution in [2.24, 2.45) is 4.99 Å². The molecule has 0 amide bonds. The van der Waals surface area contributed by atoms with Gasteiger partial charge in [-0.15, -0.1) is 0 Å². The first kappa shape index (κ1) is 12.4. The summed E-state index contributed by atoms with van der Waals surface area (Å²) in [6.45, 7) is 4.07. The first-order valence-electron chi connectivity index (χ1n) is 7.16. The Balaban J connectivity index is 2.07. The van der Waals surface area contributed by atoms with Gasteiger partial charge in [0.1, 0.15) is 11.4 Å². The van der Waals surface area contributed by atoms with Gasteiger partial charge in [0.05, 0.1) is 6.54 Å². The van der Waals surface area contributed by atoms with Crippen molar-refractivity contribution in [3.8, 4) is 5.75 Å². The van der Waals surface area contributed by atoms with Gasteiger partial charge in [-0.05, 0) is 37.9 Å². The van der Waals surface area contributed by atoms with Gasteiger partial charge in [-0.25, -0.2) is 4.99 Å². The molecular weight excluding hydrogens is 236 g/mol. The van der Waals surface area contributed by atoms with E-state index in [1.54, 1.807) is 0 Å². The number of nitrogens with zero attached hydrogens (tertiary/aromatic N) is 1. The van der Waals surface area contributed by atoms with Gasteiger partial charge in [-0.2, -0.15) is 0 Å². The number of para-hydroxylation sites is 2. The number of fused-ring (bicyclic) bond motifs is 1. The Morgan fingerprint density at radius 1 is 1.32 bits per heavy atom. The molecule has 0 unspecified atom stereocenters. The summed E-state index contributed by atoms with van der Waals surface area (Å²) in [5.41, 5.74) is 3.49. The maximum Gasteiger partial charge on any atom is 0.152 e. The van der Waals surface area contributed by atoms with Gasteiger partial charge >= 0.3 is 0 Å². The molecule has 0 bridgehead atoms. The van der Waals surface area contributed by atoms with E-state index in [-0.39, 0.29) is 0 Å². The fourth-order valence-corrected chi connectivity index (χ4v) is 2.67. The molecule has 2 aliphatic heterocycles. The summed E-state index contributed by atoms with van der Waals surface area (Å²) in [7, 11) is 0. The summed E-state index contributed by atoms with van der Waals surface area (Å²) in [5, 5.41) is 3.43. The maximum atomic E-state index is 6.12. The zero-order valence-corrected chi connectivity index (χ0v) is 11.4. The second-order valence-corrected chi connectivity index (χ2v) is 5.06. The zero-order chi connectivity index (χ0) is 13.1. The Bertz CT molecular complexity index is 531. The molecule has 2 heterocycles. The average Bonchev–Trinajstić information content (AvgIpc) is 2.72. The first-order chi connectivity index (χ1) is 9.38. The van der Waals surface area contributed by atoms with Crippen LogP contribution in [0, 0.1) is 0 Å². The third-order valence-electron chi connectivity index (χ3n) is 3.59. The van der Waals surface area contributed by atoms with Crippen LogP contribution in [0.2, 0.25) is 0 Å². The molecule has 3 rings (SSSR count). The molecule has 0 saturated heterocycles. The van der Waals surface area contributed by atoms with Crippen LogP contribution < -0.4 is 10.1 Å². The van der Waals surface area contributed by atoms with E-state index in [2.05, 4.69) is 12.2 Å². The van der Waals surface area contributed by atoms with Crippen molar-refractivity contribution in [2.75, 3.05) is 13.1 Å². The Labute approximate surface area is 114 Å². The molecule has 0 spiro atoms. The molecule has 0 atom stereocenters.